The van der Waals surface area contributed by atoms with Crippen LogP contribution in [0.2, 0.25) is 0 Å². The first kappa shape index (κ1) is 15.7. The summed E-state index contributed by atoms with van der Waals surface area (Å²) in [5, 5.41) is 1.13. The van der Waals surface area contributed by atoms with Gasteiger partial charge in [0.15, 0.2) is 6.10 Å². The molecule has 4 rings (SSSR count). The number of carbonyl (C=O) groups is 1. The normalized spacial score (nSPS) is 21.9. The highest BCUT2D eigenvalue weighted by Crippen LogP contribution is 2.21. The first-order chi connectivity index (χ1) is 11.8. The van der Waals surface area contributed by atoms with Crippen molar-refractivity contribution in [3.63, 3.8) is 0 Å². The van der Waals surface area contributed by atoms with E-state index in [-0.39, 0.29) is 12.0 Å². The molecule has 2 fully saturated rings. The van der Waals surface area contributed by atoms with Crippen LogP contribution in [0, 0.1) is 0 Å². The lowest BCUT2D eigenvalue weighted by Gasteiger charge is -2.36. The van der Waals surface area contributed by atoms with Crippen molar-refractivity contribution in [3.05, 3.63) is 36.4 Å². The number of aromatic nitrogens is 1. The van der Waals surface area contributed by atoms with Crippen molar-refractivity contribution < 1.29 is 9.53 Å². The molecule has 2 saturated heterocycles. The molecule has 3 heterocycles. The summed E-state index contributed by atoms with van der Waals surface area (Å²) in [6.07, 6.45) is -0.380. The number of hydrogen-bond donors (Lipinski definition) is 0. The standard InChI is InChI=1S/C18H21N3O2S/c22-18(20-8-11-24-12-9-20)16-13-21(7-10-23-16)17-6-5-14-3-1-2-4-15(14)19-17/h1-6,16H,7-13H2. The molecule has 5 nitrogen and oxygen atoms in total. The third-order valence-corrected chi connectivity index (χ3v) is 5.51. The molecule has 1 atom stereocenters. The molecule has 0 saturated carbocycles. The highest BCUT2D eigenvalue weighted by molar-refractivity contribution is 7.99. The van der Waals surface area contributed by atoms with Crippen LogP contribution in [0.25, 0.3) is 10.9 Å². The van der Waals surface area contributed by atoms with Crippen LogP contribution in [0.15, 0.2) is 36.4 Å². The number of pyridine rings is 1. The molecule has 0 spiro atoms. The maximum absolute atomic E-state index is 12.7. The van der Waals surface area contributed by atoms with Crippen molar-refractivity contribution in [3.8, 4) is 0 Å². The van der Waals surface area contributed by atoms with Gasteiger partial charge in [-0.1, -0.05) is 18.2 Å². The van der Waals surface area contributed by atoms with Crippen molar-refractivity contribution >= 4 is 34.4 Å². The Morgan fingerprint density at radius 2 is 1.96 bits per heavy atom. The molecule has 1 amide bonds. The summed E-state index contributed by atoms with van der Waals surface area (Å²) < 4.78 is 5.76. The molecule has 0 radical (unpaired) electrons. The molecule has 0 bridgehead atoms. The monoisotopic (exact) mass is 343 g/mol. The van der Waals surface area contributed by atoms with Crippen LogP contribution >= 0.6 is 11.8 Å². The Morgan fingerprint density at radius 3 is 2.83 bits per heavy atom. The van der Waals surface area contributed by atoms with E-state index in [1.165, 1.54) is 0 Å². The van der Waals surface area contributed by atoms with Gasteiger partial charge in [0.05, 0.1) is 18.7 Å². The second-order valence-electron chi connectivity index (χ2n) is 6.11. The van der Waals surface area contributed by atoms with Crippen LogP contribution in [0.3, 0.4) is 0 Å². The van der Waals surface area contributed by atoms with Crippen molar-refractivity contribution in [2.75, 3.05) is 49.2 Å². The van der Waals surface area contributed by atoms with E-state index in [2.05, 4.69) is 17.0 Å². The van der Waals surface area contributed by atoms with E-state index in [4.69, 9.17) is 9.72 Å². The molecule has 0 N–H and O–H groups in total. The lowest BCUT2D eigenvalue weighted by atomic mass is 10.2. The minimum atomic E-state index is -0.380. The van der Waals surface area contributed by atoms with Gasteiger partial charge in [0, 0.05) is 36.5 Å². The third-order valence-electron chi connectivity index (χ3n) is 4.57. The number of amides is 1. The quantitative estimate of drug-likeness (QED) is 0.835. The maximum atomic E-state index is 12.7. The van der Waals surface area contributed by atoms with Crippen LogP contribution in [0.1, 0.15) is 0 Å². The van der Waals surface area contributed by atoms with E-state index in [9.17, 15) is 4.79 Å². The highest BCUT2D eigenvalue weighted by Gasteiger charge is 2.31. The van der Waals surface area contributed by atoms with E-state index in [1.54, 1.807) is 0 Å². The zero-order valence-corrected chi connectivity index (χ0v) is 14.4. The Kier molecular flexibility index (Phi) is 4.58. The topological polar surface area (TPSA) is 45.7 Å². The van der Waals surface area contributed by atoms with Gasteiger partial charge >= 0.3 is 0 Å². The Hall–Kier alpha value is -1.79. The summed E-state index contributed by atoms with van der Waals surface area (Å²) in [6, 6.07) is 12.2. The Labute approximate surface area is 146 Å². The number of benzene rings is 1. The number of ether oxygens (including phenoxy) is 1. The fraction of sp³-hybridized carbons (Fsp3) is 0.444. The predicted octanol–water partition coefficient (Wildman–Crippen LogP) is 2.02. The van der Waals surface area contributed by atoms with Crippen LogP contribution < -0.4 is 4.90 Å². The molecule has 1 aromatic carbocycles. The van der Waals surface area contributed by atoms with E-state index in [0.29, 0.717) is 13.2 Å². The van der Waals surface area contributed by atoms with Crippen LogP contribution in [0.5, 0.6) is 0 Å². The molecule has 2 aliphatic rings. The van der Waals surface area contributed by atoms with Crippen LogP contribution in [-0.4, -0.2) is 66.2 Å². The molecule has 2 aromatic rings. The average molecular weight is 343 g/mol. The molecular weight excluding hydrogens is 322 g/mol. The second-order valence-corrected chi connectivity index (χ2v) is 7.33. The van der Waals surface area contributed by atoms with Gasteiger partial charge in [0.25, 0.3) is 5.91 Å². The molecule has 1 aromatic heterocycles. The number of anilines is 1. The zero-order valence-electron chi connectivity index (χ0n) is 13.6. The highest BCUT2D eigenvalue weighted by atomic mass is 32.2. The van der Waals surface area contributed by atoms with Crippen molar-refractivity contribution in [2.45, 2.75) is 6.10 Å². The summed E-state index contributed by atoms with van der Waals surface area (Å²) in [5.41, 5.74) is 0.984. The number of carbonyl (C=O) groups excluding carboxylic acids is 1. The number of nitrogens with zero attached hydrogens (tertiary/aromatic N) is 3. The van der Waals surface area contributed by atoms with Crippen molar-refractivity contribution in [1.82, 2.24) is 9.88 Å². The van der Waals surface area contributed by atoms with E-state index in [0.717, 1.165) is 47.9 Å². The Morgan fingerprint density at radius 1 is 1.12 bits per heavy atom. The van der Waals surface area contributed by atoms with Gasteiger partial charge in [0.1, 0.15) is 5.82 Å². The molecule has 0 aliphatic carbocycles. The molecule has 1 unspecified atom stereocenters. The summed E-state index contributed by atoms with van der Waals surface area (Å²) in [5.74, 6) is 3.09. The van der Waals surface area contributed by atoms with Gasteiger partial charge in [-0.25, -0.2) is 4.98 Å². The van der Waals surface area contributed by atoms with E-state index >= 15 is 0 Å². The first-order valence-corrected chi connectivity index (χ1v) is 9.55. The van der Waals surface area contributed by atoms with Crippen molar-refractivity contribution in [1.29, 1.82) is 0 Å². The van der Waals surface area contributed by atoms with E-state index in [1.807, 2.05) is 40.9 Å². The SMILES string of the molecule is O=C(C1CN(c2ccc3ccccc3n2)CCO1)N1CCSCC1. The minimum absolute atomic E-state index is 0.126. The molecule has 2 aliphatic heterocycles. The molecule has 24 heavy (non-hydrogen) atoms. The number of morpholine rings is 1. The number of rotatable bonds is 2. The maximum Gasteiger partial charge on any atom is 0.253 e. The van der Waals surface area contributed by atoms with Crippen molar-refractivity contribution in [2.24, 2.45) is 0 Å². The summed E-state index contributed by atoms with van der Waals surface area (Å²) in [7, 11) is 0. The first-order valence-electron chi connectivity index (χ1n) is 8.40. The summed E-state index contributed by atoms with van der Waals surface area (Å²) >= 11 is 1.91. The molecule has 126 valence electrons. The molecular formula is C18H21N3O2S. The van der Waals surface area contributed by atoms with Gasteiger partial charge in [-0.05, 0) is 18.2 Å². The predicted molar refractivity (Wildman–Crippen MR) is 97.6 cm³/mol. The van der Waals surface area contributed by atoms with Gasteiger partial charge in [0.2, 0.25) is 0 Å². The zero-order chi connectivity index (χ0) is 16.4. The van der Waals surface area contributed by atoms with Gasteiger partial charge in [-0.3, -0.25) is 4.79 Å². The summed E-state index contributed by atoms with van der Waals surface area (Å²) in [6.45, 7) is 3.57. The molecule has 6 heteroatoms. The minimum Gasteiger partial charge on any atom is -0.365 e. The number of fused-ring (bicyclic) bond motifs is 1. The third kappa shape index (κ3) is 3.21. The number of para-hydroxylation sites is 1. The van der Waals surface area contributed by atoms with E-state index < -0.39 is 0 Å². The Balaban J connectivity index is 1.50. The fourth-order valence-electron chi connectivity index (χ4n) is 3.23. The largest absolute Gasteiger partial charge is 0.365 e. The van der Waals surface area contributed by atoms with Gasteiger partial charge in [-0.15, -0.1) is 0 Å². The van der Waals surface area contributed by atoms with Crippen LogP contribution in [0.4, 0.5) is 5.82 Å². The summed E-state index contributed by atoms with van der Waals surface area (Å²) in [4.78, 5) is 21.5. The van der Waals surface area contributed by atoms with Gasteiger partial charge in [-0.2, -0.15) is 11.8 Å². The average Bonchev–Trinajstić information content (AvgIpc) is 2.68. The lowest BCUT2D eigenvalue weighted by Crippen LogP contribution is -2.52. The Bertz CT molecular complexity index is 733. The second kappa shape index (κ2) is 6.99. The lowest BCUT2D eigenvalue weighted by molar-refractivity contribution is -0.144. The fourth-order valence-corrected chi connectivity index (χ4v) is 4.13. The number of thioether (sulfide) groups is 1. The number of hydrogen-bond acceptors (Lipinski definition) is 5. The smallest absolute Gasteiger partial charge is 0.253 e. The van der Waals surface area contributed by atoms with Crippen LogP contribution in [-0.2, 0) is 9.53 Å². The van der Waals surface area contributed by atoms with Gasteiger partial charge < -0.3 is 14.5 Å².